The third kappa shape index (κ3) is 5.01. The van der Waals surface area contributed by atoms with Crippen LogP contribution < -0.4 is 0 Å². The second-order valence-electron chi connectivity index (χ2n) is 9.75. The van der Waals surface area contributed by atoms with Gasteiger partial charge in [-0.15, -0.1) is 0 Å². The number of esters is 1. The summed E-state index contributed by atoms with van der Waals surface area (Å²) in [7, 11) is 0. The highest BCUT2D eigenvalue weighted by Gasteiger charge is 2.53. The highest BCUT2D eigenvalue weighted by Crippen LogP contribution is 2.40. The normalized spacial score (nSPS) is 24.1. The Kier molecular flexibility index (Phi) is 7.84. The minimum Gasteiger partial charge on any atom is -0.460 e. The molecule has 0 bridgehead atoms. The predicted octanol–water partition coefficient (Wildman–Crippen LogP) is 3.56. The predicted molar refractivity (Wildman–Crippen MR) is 128 cm³/mol. The van der Waals surface area contributed by atoms with E-state index >= 15 is 0 Å². The van der Waals surface area contributed by atoms with Crippen LogP contribution in [0.3, 0.4) is 0 Å². The van der Waals surface area contributed by atoms with Crippen molar-refractivity contribution in [3.05, 3.63) is 35.9 Å². The lowest BCUT2D eigenvalue weighted by Gasteiger charge is -2.37. The van der Waals surface area contributed by atoms with Gasteiger partial charge in [-0.2, -0.15) is 0 Å². The van der Waals surface area contributed by atoms with Crippen molar-refractivity contribution in [3.8, 4) is 0 Å². The van der Waals surface area contributed by atoms with Gasteiger partial charge in [-0.1, -0.05) is 63.4 Å². The van der Waals surface area contributed by atoms with E-state index in [0.29, 0.717) is 32.8 Å². The largest absolute Gasteiger partial charge is 0.460 e. The van der Waals surface area contributed by atoms with E-state index in [0.717, 1.165) is 57.1 Å². The molecular weight excluding hydrogens is 416 g/mol. The van der Waals surface area contributed by atoms with Crippen LogP contribution in [0.1, 0.15) is 64.4 Å². The minimum atomic E-state index is -0.563. The number of rotatable bonds is 10. The fourth-order valence-electron chi connectivity index (χ4n) is 5.74. The van der Waals surface area contributed by atoms with Crippen molar-refractivity contribution in [2.24, 2.45) is 5.92 Å². The molecular formula is C27H39N2O4+. The van der Waals surface area contributed by atoms with Crippen LogP contribution in [-0.4, -0.2) is 72.6 Å². The molecule has 1 aromatic rings. The zero-order chi connectivity index (χ0) is 23.3. The Balaban J connectivity index is 1.43. The summed E-state index contributed by atoms with van der Waals surface area (Å²) in [6.07, 6.45) is 6.31. The van der Waals surface area contributed by atoms with Crippen molar-refractivity contribution < 1.29 is 23.6 Å². The maximum absolute atomic E-state index is 13.7. The number of unbranched alkanes of at least 4 members (excludes halogenated alkanes) is 1. The molecule has 4 rings (SSSR count). The maximum Gasteiger partial charge on any atom is 0.316 e. The first-order valence-corrected chi connectivity index (χ1v) is 12.8. The van der Waals surface area contributed by atoms with Gasteiger partial charge in [0.25, 0.3) is 5.91 Å². The van der Waals surface area contributed by atoms with Crippen LogP contribution in [0.25, 0.3) is 0 Å². The van der Waals surface area contributed by atoms with Crippen molar-refractivity contribution in [2.45, 2.75) is 70.3 Å². The zero-order valence-electron chi connectivity index (χ0n) is 20.3. The van der Waals surface area contributed by atoms with Gasteiger partial charge in [-0.05, 0) is 18.4 Å². The first-order valence-electron chi connectivity index (χ1n) is 12.8. The molecule has 2 heterocycles. The molecule has 180 valence electrons. The van der Waals surface area contributed by atoms with Gasteiger partial charge in [0.2, 0.25) is 6.54 Å². The summed E-state index contributed by atoms with van der Waals surface area (Å²) in [6.45, 7) is 8.25. The quantitative estimate of drug-likeness (QED) is 0.400. The molecule has 6 heteroatoms. The Morgan fingerprint density at radius 3 is 2.58 bits per heavy atom. The molecule has 2 fully saturated rings. The van der Waals surface area contributed by atoms with Crippen LogP contribution >= 0.6 is 0 Å². The Morgan fingerprint density at radius 1 is 1.12 bits per heavy atom. The first-order chi connectivity index (χ1) is 16.1. The number of hydrogen-bond donors (Lipinski definition) is 0. The number of nitrogens with zero attached hydrogens (tertiary/aromatic N) is 2. The Bertz CT molecular complexity index is 862. The topological polar surface area (TPSA) is 58.9 Å². The summed E-state index contributed by atoms with van der Waals surface area (Å²) in [4.78, 5) is 28.3. The van der Waals surface area contributed by atoms with Crippen LogP contribution in [0.2, 0.25) is 0 Å². The lowest BCUT2D eigenvalue weighted by atomic mass is 9.72. The van der Waals surface area contributed by atoms with Gasteiger partial charge in [0, 0.05) is 19.5 Å². The SMILES string of the molecule is CCCCC(CCC)(C(=O)OC1CC2=[N+](CC(=O)N3CCOCC3)CCC21)c1ccccc1. The first kappa shape index (κ1) is 23.9. The lowest BCUT2D eigenvalue weighted by molar-refractivity contribution is -0.511. The van der Waals surface area contributed by atoms with E-state index in [-0.39, 0.29) is 23.9 Å². The Labute approximate surface area is 197 Å². The van der Waals surface area contributed by atoms with Crippen LogP contribution in [0.4, 0.5) is 0 Å². The van der Waals surface area contributed by atoms with E-state index in [1.165, 1.54) is 5.71 Å². The zero-order valence-corrected chi connectivity index (χ0v) is 20.3. The van der Waals surface area contributed by atoms with E-state index in [2.05, 4.69) is 30.6 Å². The Morgan fingerprint density at radius 2 is 1.88 bits per heavy atom. The number of amides is 1. The van der Waals surface area contributed by atoms with E-state index in [9.17, 15) is 9.59 Å². The third-order valence-corrected chi connectivity index (χ3v) is 7.70. The van der Waals surface area contributed by atoms with Gasteiger partial charge in [0.15, 0.2) is 5.71 Å². The van der Waals surface area contributed by atoms with Gasteiger partial charge in [0.1, 0.15) is 12.6 Å². The highest BCUT2D eigenvalue weighted by molar-refractivity contribution is 5.93. The number of carbonyl (C=O) groups excluding carboxylic acids is 2. The molecule has 2 aliphatic heterocycles. The van der Waals surface area contributed by atoms with Crippen molar-refractivity contribution >= 4 is 17.6 Å². The molecule has 1 saturated heterocycles. The monoisotopic (exact) mass is 455 g/mol. The summed E-state index contributed by atoms with van der Waals surface area (Å²) in [6, 6.07) is 10.2. The number of ether oxygens (including phenoxy) is 2. The number of morpholine rings is 1. The van der Waals surface area contributed by atoms with Gasteiger partial charge < -0.3 is 14.4 Å². The average Bonchev–Trinajstić information content (AvgIpc) is 3.16. The third-order valence-electron chi connectivity index (χ3n) is 7.70. The fraction of sp³-hybridized carbons (Fsp3) is 0.667. The van der Waals surface area contributed by atoms with E-state index in [4.69, 9.17) is 9.47 Å². The number of hydrogen-bond acceptors (Lipinski definition) is 4. The summed E-state index contributed by atoms with van der Waals surface area (Å²) in [5, 5.41) is 0. The molecule has 1 amide bonds. The summed E-state index contributed by atoms with van der Waals surface area (Å²) < 4.78 is 13.8. The molecule has 33 heavy (non-hydrogen) atoms. The molecule has 1 aliphatic carbocycles. The van der Waals surface area contributed by atoms with Crippen LogP contribution in [0, 0.1) is 5.92 Å². The molecule has 3 aliphatic rings. The molecule has 0 N–H and O–H groups in total. The average molecular weight is 456 g/mol. The smallest absolute Gasteiger partial charge is 0.316 e. The molecule has 6 nitrogen and oxygen atoms in total. The van der Waals surface area contributed by atoms with E-state index in [1.54, 1.807) is 0 Å². The molecule has 1 saturated carbocycles. The number of fused-ring (bicyclic) bond motifs is 1. The molecule has 0 radical (unpaired) electrons. The Hall–Kier alpha value is -2.21. The standard InChI is InChI=1S/C27H39N2O4/c1-3-5-13-27(12-4-2,21-9-7-6-8-10-21)26(31)33-24-19-23-22(24)11-14-29(23)20-25(30)28-15-17-32-18-16-28/h6-10,22,24H,3-5,11-20H2,1-2H3/q+1. The molecule has 0 aromatic heterocycles. The highest BCUT2D eigenvalue weighted by atomic mass is 16.5. The summed E-state index contributed by atoms with van der Waals surface area (Å²) in [5.41, 5.74) is 1.81. The van der Waals surface area contributed by atoms with E-state index in [1.807, 2.05) is 23.1 Å². The van der Waals surface area contributed by atoms with Crippen LogP contribution in [0.5, 0.6) is 0 Å². The van der Waals surface area contributed by atoms with Gasteiger partial charge in [0.05, 0.1) is 31.0 Å². The summed E-state index contributed by atoms with van der Waals surface area (Å²) >= 11 is 0. The molecule has 3 unspecified atom stereocenters. The van der Waals surface area contributed by atoms with Crippen LogP contribution in [0.15, 0.2) is 30.3 Å². The van der Waals surface area contributed by atoms with Crippen molar-refractivity contribution in [3.63, 3.8) is 0 Å². The van der Waals surface area contributed by atoms with Crippen LogP contribution in [-0.2, 0) is 24.5 Å². The fourth-order valence-corrected chi connectivity index (χ4v) is 5.74. The van der Waals surface area contributed by atoms with Crippen molar-refractivity contribution in [1.82, 2.24) is 4.90 Å². The molecule has 3 atom stereocenters. The van der Waals surface area contributed by atoms with E-state index < -0.39 is 5.41 Å². The second kappa shape index (κ2) is 10.8. The van der Waals surface area contributed by atoms with Gasteiger partial charge in [-0.3, -0.25) is 9.59 Å². The summed E-state index contributed by atoms with van der Waals surface area (Å²) in [5.74, 6) is 0.390. The molecule has 1 aromatic carbocycles. The van der Waals surface area contributed by atoms with Gasteiger partial charge in [-0.25, -0.2) is 4.58 Å². The molecule has 0 spiro atoms. The minimum absolute atomic E-state index is 0.0578. The maximum atomic E-state index is 13.7. The lowest BCUT2D eigenvalue weighted by Crippen LogP contribution is -2.49. The van der Waals surface area contributed by atoms with Crippen molar-refractivity contribution in [2.75, 3.05) is 39.4 Å². The van der Waals surface area contributed by atoms with Gasteiger partial charge >= 0.3 is 5.97 Å². The number of benzene rings is 1. The van der Waals surface area contributed by atoms with Crippen molar-refractivity contribution in [1.29, 1.82) is 0 Å². The second-order valence-corrected chi connectivity index (χ2v) is 9.75. The number of carbonyl (C=O) groups is 2.